The van der Waals surface area contributed by atoms with Crippen molar-refractivity contribution in [3.63, 3.8) is 0 Å². The lowest BCUT2D eigenvalue weighted by Crippen LogP contribution is -2.58. The molecular weight excluding hydrogens is 328 g/mol. The first-order valence-electron chi connectivity index (χ1n) is 9.99. The summed E-state index contributed by atoms with van der Waals surface area (Å²) in [4.78, 5) is 17.1. The SMILES string of the molecule is O=C(Cn1cccn1)N1CCC2(CC1)CN(CC1CC=CCC1)CCO2. The van der Waals surface area contributed by atoms with Crippen LogP contribution in [-0.4, -0.2) is 70.4 Å². The van der Waals surface area contributed by atoms with Crippen molar-refractivity contribution in [3.05, 3.63) is 30.6 Å². The van der Waals surface area contributed by atoms with E-state index in [0.717, 1.165) is 51.5 Å². The molecule has 0 saturated carbocycles. The van der Waals surface area contributed by atoms with Crippen molar-refractivity contribution in [3.8, 4) is 0 Å². The maximum atomic E-state index is 12.5. The van der Waals surface area contributed by atoms with Crippen LogP contribution in [0.3, 0.4) is 0 Å². The van der Waals surface area contributed by atoms with Gasteiger partial charge in [-0.15, -0.1) is 0 Å². The highest BCUT2D eigenvalue weighted by atomic mass is 16.5. The van der Waals surface area contributed by atoms with Crippen LogP contribution >= 0.6 is 0 Å². The largest absolute Gasteiger partial charge is 0.372 e. The van der Waals surface area contributed by atoms with Gasteiger partial charge in [0.25, 0.3) is 0 Å². The summed E-state index contributed by atoms with van der Waals surface area (Å²) in [6.07, 6.45) is 13.9. The van der Waals surface area contributed by atoms with Gasteiger partial charge < -0.3 is 9.64 Å². The third-order valence-electron chi connectivity index (χ3n) is 6.11. The van der Waals surface area contributed by atoms with E-state index in [1.54, 1.807) is 10.9 Å². The minimum atomic E-state index is -0.0504. The molecule has 2 aliphatic heterocycles. The number of aromatic nitrogens is 2. The van der Waals surface area contributed by atoms with Crippen molar-refractivity contribution in [2.24, 2.45) is 5.92 Å². The Kier molecular flexibility index (Phi) is 5.41. The first-order chi connectivity index (χ1) is 12.7. The van der Waals surface area contributed by atoms with E-state index in [1.165, 1.54) is 25.8 Å². The van der Waals surface area contributed by atoms with Crippen LogP contribution in [-0.2, 0) is 16.1 Å². The van der Waals surface area contributed by atoms with E-state index in [0.29, 0.717) is 6.54 Å². The highest BCUT2D eigenvalue weighted by molar-refractivity contribution is 5.76. The molecule has 2 saturated heterocycles. The molecule has 0 bridgehead atoms. The summed E-state index contributed by atoms with van der Waals surface area (Å²) < 4.78 is 7.95. The van der Waals surface area contributed by atoms with Crippen molar-refractivity contribution >= 4 is 5.91 Å². The van der Waals surface area contributed by atoms with Crippen molar-refractivity contribution in [2.45, 2.75) is 44.2 Å². The standard InChI is InChI=1S/C20H30N4O2/c25-19(16-24-10-4-9-21-24)23-11-7-20(8-12-23)17-22(13-14-26-20)15-18-5-2-1-3-6-18/h1-2,4,9-10,18H,3,5-8,11-17H2. The fourth-order valence-corrected chi connectivity index (χ4v) is 4.57. The van der Waals surface area contributed by atoms with E-state index < -0.39 is 0 Å². The molecule has 2 fully saturated rings. The number of carbonyl (C=O) groups excluding carboxylic acids is 1. The van der Waals surface area contributed by atoms with E-state index in [4.69, 9.17) is 4.74 Å². The van der Waals surface area contributed by atoms with Gasteiger partial charge in [0.05, 0.1) is 12.2 Å². The van der Waals surface area contributed by atoms with Gasteiger partial charge >= 0.3 is 0 Å². The monoisotopic (exact) mass is 358 g/mol. The number of hydrogen-bond acceptors (Lipinski definition) is 4. The Morgan fingerprint density at radius 2 is 2.12 bits per heavy atom. The van der Waals surface area contributed by atoms with Crippen LogP contribution < -0.4 is 0 Å². The Bertz CT molecular complexity index is 620. The third kappa shape index (κ3) is 4.18. The zero-order chi connectivity index (χ0) is 17.8. The van der Waals surface area contributed by atoms with Crippen molar-refractivity contribution in [1.82, 2.24) is 19.6 Å². The molecule has 1 atom stereocenters. The molecule has 1 aromatic heterocycles. The number of ether oxygens (including phenoxy) is 1. The third-order valence-corrected chi connectivity index (χ3v) is 6.11. The van der Waals surface area contributed by atoms with Gasteiger partial charge in [0.1, 0.15) is 6.54 Å². The van der Waals surface area contributed by atoms with Crippen LogP contribution in [0.25, 0.3) is 0 Å². The fourth-order valence-electron chi connectivity index (χ4n) is 4.57. The molecule has 3 aliphatic rings. The summed E-state index contributed by atoms with van der Waals surface area (Å²) in [5.74, 6) is 0.955. The number of likely N-dealkylation sites (tertiary alicyclic amines) is 1. The Morgan fingerprint density at radius 1 is 1.23 bits per heavy atom. The predicted molar refractivity (Wildman–Crippen MR) is 99.6 cm³/mol. The molecule has 142 valence electrons. The van der Waals surface area contributed by atoms with Crippen LogP contribution in [0.1, 0.15) is 32.1 Å². The second-order valence-corrected chi connectivity index (χ2v) is 8.00. The first-order valence-corrected chi connectivity index (χ1v) is 9.99. The van der Waals surface area contributed by atoms with E-state index in [9.17, 15) is 4.79 Å². The zero-order valence-corrected chi connectivity index (χ0v) is 15.6. The first kappa shape index (κ1) is 17.7. The topological polar surface area (TPSA) is 50.6 Å². The summed E-state index contributed by atoms with van der Waals surface area (Å²) >= 11 is 0. The minimum absolute atomic E-state index is 0.0504. The van der Waals surface area contributed by atoms with Crippen LogP contribution in [0.4, 0.5) is 0 Å². The Morgan fingerprint density at radius 3 is 2.85 bits per heavy atom. The zero-order valence-electron chi connectivity index (χ0n) is 15.6. The number of hydrogen-bond donors (Lipinski definition) is 0. The number of amides is 1. The molecule has 0 aromatic carbocycles. The quantitative estimate of drug-likeness (QED) is 0.772. The van der Waals surface area contributed by atoms with Gasteiger partial charge in [-0.1, -0.05) is 12.2 Å². The average Bonchev–Trinajstić information content (AvgIpc) is 3.16. The van der Waals surface area contributed by atoms with Gasteiger partial charge in [0.15, 0.2) is 0 Å². The van der Waals surface area contributed by atoms with Gasteiger partial charge in [-0.2, -0.15) is 5.10 Å². The highest BCUT2D eigenvalue weighted by Gasteiger charge is 2.40. The maximum absolute atomic E-state index is 12.5. The van der Waals surface area contributed by atoms with E-state index in [2.05, 4.69) is 22.2 Å². The Labute approximate surface area is 155 Å². The summed E-state index contributed by atoms with van der Waals surface area (Å²) in [6.45, 7) is 6.00. The summed E-state index contributed by atoms with van der Waals surface area (Å²) in [5.41, 5.74) is -0.0504. The van der Waals surface area contributed by atoms with Crippen LogP contribution in [0.2, 0.25) is 0 Å². The van der Waals surface area contributed by atoms with Crippen LogP contribution in [0, 0.1) is 5.92 Å². The van der Waals surface area contributed by atoms with Crippen molar-refractivity contribution in [2.75, 3.05) is 39.3 Å². The Hall–Kier alpha value is -1.66. The molecule has 6 nitrogen and oxygen atoms in total. The van der Waals surface area contributed by atoms with E-state index in [-0.39, 0.29) is 11.5 Å². The normalized spacial score (nSPS) is 26.3. The number of allylic oxidation sites excluding steroid dienone is 2. The number of nitrogens with zero attached hydrogens (tertiary/aromatic N) is 4. The van der Waals surface area contributed by atoms with Crippen molar-refractivity contribution in [1.29, 1.82) is 0 Å². The van der Waals surface area contributed by atoms with Gasteiger partial charge in [0, 0.05) is 45.1 Å². The van der Waals surface area contributed by atoms with Crippen LogP contribution in [0.5, 0.6) is 0 Å². The molecule has 1 unspecified atom stereocenters. The maximum Gasteiger partial charge on any atom is 0.244 e. The summed E-state index contributed by atoms with van der Waals surface area (Å²) in [6, 6.07) is 1.85. The lowest BCUT2D eigenvalue weighted by Gasteiger charge is -2.48. The second-order valence-electron chi connectivity index (χ2n) is 8.00. The predicted octanol–water partition coefficient (Wildman–Crippen LogP) is 1.93. The second kappa shape index (κ2) is 7.92. The van der Waals surface area contributed by atoms with E-state index >= 15 is 0 Å². The smallest absolute Gasteiger partial charge is 0.244 e. The average molecular weight is 358 g/mol. The molecule has 1 aliphatic carbocycles. The van der Waals surface area contributed by atoms with Gasteiger partial charge in [-0.05, 0) is 44.1 Å². The molecule has 0 N–H and O–H groups in total. The molecule has 1 amide bonds. The molecule has 6 heteroatoms. The fraction of sp³-hybridized carbons (Fsp3) is 0.700. The van der Waals surface area contributed by atoms with E-state index in [1.807, 2.05) is 17.2 Å². The molecule has 3 heterocycles. The van der Waals surface area contributed by atoms with Gasteiger partial charge in [-0.25, -0.2) is 0 Å². The molecule has 26 heavy (non-hydrogen) atoms. The summed E-state index contributed by atoms with van der Waals surface area (Å²) in [7, 11) is 0. The number of morpholine rings is 1. The van der Waals surface area contributed by atoms with Gasteiger partial charge in [0.2, 0.25) is 5.91 Å². The number of carbonyl (C=O) groups is 1. The lowest BCUT2D eigenvalue weighted by atomic mass is 9.88. The molecule has 1 spiro atoms. The highest BCUT2D eigenvalue weighted by Crippen LogP contribution is 2.31. The molecule has 1 aromatic rings. The lowest BCUT2D eigenvalue weighted by molar-refractivity contribution is -0.151. The number of rotatable bonds is 4. The van der Waals surface area contributed by atoms with Crippen LogP contribution in [0.15, 0.2) is 30.6 Å². The summed E-state index contributed by atoms with van der Waals surface area (Å²) in [5, 5.41) is 4.13. The Balaban J connectivity index is 1.28. The minimum Gasteiger partial charge on any atom is -0.372 e. The molecular formula is C20H30N4O2. The van der Waals surface area contributed by atoms with Crippen molar-refractivity contribution < 1.29 is 9.53 Å². The molecule has 0 radical (unpaired) electrons. The molecule has 4 rings (SSSR count). The number of piperidine rings is 1. The van der Waals surface area contributed by atoms with Gasteiger partial charge in [-0.3, -0.25) is 14.4 Å².